The summed E-state index contributed by atoms with van der Waals surface area (Å²) in [5, 5.41) is 0.674. The number of amides is 1. The minimum absolute atomic E-state index is 0.0898. The number of aryl methyl sites for hydroxylation is 1. The average Bonchev–Trinajstić information content (AvgIpc) is 3.38. The third-order valence-electron chi connectivity index (χ3n) is 4.90. The predicted octanol–water partition coefficient (Wildman–Crippen LogP) is 4.25. The normalized spacial score (nSPS) is 15.0. The van der Waals surface area contributed by atoms with Gasteiger partial charge in [0.25, 0.3) is 0 Å². The van der Waals surface area contributed by atoms with Gasteiger partial charge in [-0.25, -0.2) is 14.4 Å². The first-order valence-corrected chi connectivity index (χ1v) is 9.85. The number of carbonyl (C=O) groups excluding carboxylic acids is 1. The number of hydrogen-bond donors (Lipinski definition) is 0. The molecule has 2 heterocycles. The molecule has 1 saturated carbocycles. The summed E-state index contributed by atoms with van der Waals surface area (Å²) in [5.41, 5.74) is 0.741. The number of thiazole rings is 1. The number of rotatable bonds is 6. The van der Waals surface area contributed by atoms with Crippen LogP contribution in [0.1, 0.15) is 32.1 Å². The Labute approximate surface area is 155 Å². The maximum absolute atomic E-state index is 13.5. The molecule has 0 radical (unpaired) electrons. The molecule has 0 unspecified atom stereocenters. The van der Waals surface area contributed by atoms with E-state index >= 15 is 0 Å². The molecule has 4 rings (SSSR count). The average molecular weight is 372 g/mol. The maximum Gasteiger partial charge on any atom is 0.231 e. The molecule has 26 heavy (non-hydrogen) atoms. The number of benzene rings is 1. The quantitative estimate of drug-likeness (QED) is 0.650. The van der Waals surface area contributed by atoms with Crippen molar-refractivity contribution in [3.8, 4) is 0 Å². The molecule has 0 atom stereocenters. The van der Waals surface area contributed by atoms with E-state index in [-0.39, 0.29) is 17.6 Å². The van der Waals surface area contributed by atoms with Crippen molar-refractivity contribution < 1.29 is 9.18 Å². The van der Waals surface area contributed by atoms with Gasteiger partial charge in [0, 0.05) is 31.4 Å². The fourth-order valence-electron chi connectivity index (χ4n) is 3.53. The molecular weight excluding hydrogens is 351 g/mol. The van der Waals surface area contributed by atoms with E-state index < -0.39 is 0 Å². The monoisotopic (exact) mass is 372 g/mol. The van der Waals surface area contributed by atoms with Gasteiger partial charge in [-0.15, -0.1) is 0 Å². The lowest BCUT2D eigenvalue weighted by Crippen LogP contribution is -2.36. The Bertz CT molecular complexity index is 886. The third kappa shape index (κ3) is 3.62. The van der Waals surface area contributed by atoms with E-state index in [1.807, 2.05) is 15.7 Å². The van der Waals surface area contributed by atoms with E-state index in [1.165, 1.54) is 23.5 Å². The highest BCUT2D eigenvalue weighted by Gasteiger charge is 2.29. The molecular formula is C19H21FN4OS. The molecule has 1 aliphatic carbocycles. The van der Waals surface area contributed by atoms with Gasteiger partial charge in [-0.3, -0.25) is 9.69 Å². The number of halogens is 1. The molecule has 0 saturated heterocycles. The Morgan fingerprint density at radius 2 is 2.19 bits per heavy atom. The Morgan fingerprint density at radius 3 is 2.96 bits per heavy atom. The summed E-state index contributed by atoms with van der Waals surface area (Å²) in [4.78, 5) is 23.5. The molecule has 0 N–H and O–H groups in total. The van der Waals surface area contributed by atoms with Crippen LogP contribution in [0.25, 0.3) is 10.2 Å². The summed E-state index contributed by atoms with van der Waals surface area (Å²) < 4.78 is 16.3. The molecule has 7 heteroatoms. The van der Waals surface area contributed by atoms with Crippen LogP contribution >= 0.6 is 11.3 Å². The van der Waals surface area contributed by atoms with Gasteiger partial charge in [0.1, 0.15) is 5.82 Å². The smallest absolute Gasteiger partial charge is 0.231 e. The minimum atomic E-state index is -0.276. The first-order chi connectivity index (χ1) is 12.7. The second kappa shape index (κ2) is 7.53. The summed E-state index contributed by atoms with van der Waals surface area (Å²) in [6, 6.07) is 4.57. The Morgan fingerprint density at radius 1 is 1.35 bits per heavy atom. The van der Waals surface area contributed by atoms with E-state index in [1.54, 1.807) is 18.6 Å². The van der Waals surface area contributed by atoms with E-state index in [9.17, 15) is 9.18 Å². The molecule has 1 aliphatic rings. The van der Waals surface area contributed by atoms with Crippen LogP contribution in [0.3, 0.4) is 0 Å². The minimum Gasteiger partial charge on any atom is -0.337 e. The molecule has 3 aromatic rings. The van der Waals surface area contributed by atoms with Crippen LogP contribution in [0.4, 0.5) is 9.52 Å². The van der Waals surface area contributed by atoms with Crippen LogP contribution in [-0.2, 0) is 11.3 Å². The Balaban J connectivity index is 1.56. The number of imidazole rings is 1. The SMILES string of the molecule is O=C(C1CCCC1)N(CCCn1ccnc1)c1nc2ccc(F)cc2s1. The Hall–Kier alpha value is -2.28. The van der Waals surface area contributed by atoms with Crippen molar-refractivity contribution in [2.75, 3.05) is 11.4 Å². The van der Waals surface area contributed by atoms with Crippen molar-refractivity contribution in [1.82, 2.24) is 14.5 Å². The number of aromatic nitrogens is 3. The van der Waals surface area contributed by atoms with Gasteiger partial charge in [-0.2, -0.15) is 0 Å². The highest BCUT2D eigenvalue weighted by Crippen LogP contribution is 2.33. The summed E-state index contributed by atoms with van der Waals surface area (Å²) in [5.74, 6) is -0.0267. The van der Waals surface area contributed by atoms with Gasteiger partial charge in [0.2, 0.25) is 5.91 Å². The van der Waals surface area contributed by atoms with Crippen LogP contribution in [0.2, 0.25) is 0 Å². The van der Waals surface area contributed by atoms with E-state index in [0.717, 1.165) is 48.9 Å². The van der Waals surface area contributed by atoms with Crippen molar-refractivity contribution in [3.05, 3.63) is 42.7 Å². The molecule has 1 fully saturated rings. The van der Waals surface area contributed by atoms with Crippen LogP contribution in [-0.4, -0.2) is 27.0 Å². The number of nitrogens with zero attached hydrogens (tertiary/aromatic N) is 4. The lowest BCUT2D eigenvalue weighted by molar-refractivity contribution is -0.122. The summed E-state index contributed by atoms with van der Waals surface area (Å²) in [7, 11) is 0. The van der Waals surface area contributed by atoms with Crippen LogP contribution in [0.5, 0.6) is 0 Å². The topological polar surface area (TPSA) is 51.0 Å². The fraction of sp³-hybridized carbons (Fsp3) is 0.421. The van der Waals surface area contributed by atoms with Crippen LogP contribution in [0, 0.1) is 11.7 Å². The highest BCUT2D eigenvalue weighted by molar-refractivity contribution is 7.22. The summed E-state index contributed by atoms with van der Waals surface area (Å²) >= 11 is 1.39. The molecule has 0 aliphatic heterocycles. The van der Waals surface area contributed by atoms with Crippen molar-refractivity contribution >= 4 is 32.6 Å². The zero-order valence-electron chi connectivity index (χ0n) is 14.5. The molecule has 1 aromatic carbocycles. The lowest BCUT2D eigenvalue weighted by Gasteiger charge is -2.23. The van der Waals surface area contributed by atoms with Gasteiger partial charge in [-0.05, 0) is 37.5 Å². The van der Waals surface area contributed by atoms with Gasteiger partial charge in [0.05, 0.1) is 16.5 Å². The van der Waals surface area contributed by atoms with Crippen LogP contribution < -0.4 is 4.90 Å². The summed E-state index contributed by atoms with van der Waals surface area (Å²) in [6.07, 6.45) is 10.4. The van der Waals surface area contributed by atoms with Crippen molar-refractivity contribution in [2.45, 2.75) is 38.6 Å². The van der Waals surface area contributed by atoms with E-state index in [2.05, 4.69) is 9.97 Å². The Kier molecular flexibility index (Phi) is 4.97. The van der Waals surface area contributed by atoms with E-state index in [4.69, 9.17) is 0 Å². The third-order valence-corrected chi connectivity index (χ3v) is 5.94. The van der Waals surface area contributed by atoms with Crippen molar-refractivity contribution in [1.29, 1.82) is 0 Å². The van der Waals surface area contributed by atoms with E-state index in [0.29, 0.717) is 11.7 Å². The zero-order chi connectivity index (χ0) is 17.9. The highest BCUT2D eigenvalue weighted by atomic mass is 32.1. The molecule has 0 bridgehead atoms. The number of anilines is 1. The molecule has 5 nitrogen and oxygen atoms in total. The number of carbonyl (C=O) groups is 1. The maximum atomic E-state index is 13.5. The van der Waals surface area contributed by atoms with Crippen molar-refractivity contribution in [3.63, 3.8) is 0 Å². The molecule has 2 aromatic heterocycles. The largest absolute Gasteiger partial charge is 0.337 e. The van der Waals surface area contributed by atoms with Gasteiger partial charge in [-0.1, -0.05) is 24.2 Å². The van der Waals surface area contributed by atoms with Gasteiger partial charge in [0.15, 0.2) is 5.13 Å². The van der Waals surface area contributed by atoms with Gasteiger partial charge < -0.3 is 4.57 Å². The second-order valence-corrected chi connectivity index (χ2v) is 7.74. The molecule has 1 amide bonds. The van der Waals surface area contributed by atoms with Gasteiger partial charge >= 0.3 is 0 Å². The first kappa shape index (κ1) is 17.1. The molecule has 0 spiro atoms. The predicted molar refractivity (Wildman–Crippen MR) is 101 cm³/mol. The second-order valence-electron chi connectivity index (χ2n) is 6.73. The number of hydrogen-bond acceptors (Lipinski definition) is 4. The number of fused-ring (bicyclic) bond motifs is 1. The first-order valence-electron chi connectivity index (χ1n) is 9.04. The summed E-state index contributed by atoms with van der Waals surface area (Å²) in [6.45, 7) is 1.41. The standard InChI is InChI=1S/C19H21FN4OS/c20-15-6-7-16-17(12-15)26-19(22-16)24(18(25)14-4-1-2-5-14)10-3-9-23-11-8-21-13-23/h6-8,11-14H,1-5,9-10H2. The van der Waals surface area contributed by atoms with Crippen LogP contribution in [0.15, 0.2) is 36.9 Å². The fourth-order valence-corrected chi connectivity index (χ4v) is 4.55. The van der Waals surface area contributed by atoms with Crippen molar-refractivity contribution in [2.24, 2.45) is 5.92 Å². The molecule has 136 valence electrons. The lowest BCUT2D eigenvalue weighted by atomic mass is 10.1. The zero-order valence-corrected chi connectivity index (χ0v) is 15.3.